The molecule has 1 aliphatic carbocycles. The molecule has 114 valence electrons. The molecule has 3 heteroatoms. The zero-order chi connectivity index (χ0) is 15.9. The van der Waals surface area contributed by atoms with Gasteiger partial charge in [0.05, 0.1) is 0 Å². The maximum atomic E-state index is 3.50. The fourth-order valence-corrected chi connectivity index (χ4v) is 0.340. The first kappa shape index (κ1) is 31.8. The minimum atomic E-state index is 0. The SMILES string of the molecule is C=CC=C.C[C-](C)C.C[N-]C.C[N-]C.[C-]1=CC=CC1.[Ti+4]. The van der Waals surface area contributed by atoms with Crippen molar-refractivity contribution < 1.29 is 21.7 Å². The zero-order valence-electron chi connectivity index (χ0n) is 14.4. The van der Waals surface area contributed by atoms with Gasteiger partial charge in [-0.05, 0) is 0 Å². The van der Waals surface area contributed by atoms with Crippen molar-refractivity contribution in [3.05, 3.63) is 66.2 Å². The normalized spacial score (nSPS) is 9.00. The zero-order valence-corrected chi connectivity index (χ0v) is 16.0. The topological polar surface area (TPSA) is 28.2 Å². The second kappa shape index (κ2) is 42.8. The molecular formula is C17H32N2Ti. The van der Waals surface area contributed by atoms with Crippen molar-refractivity contribution in [2.75, 3.05) is 28.2 Å². The summed E-state index contributed by atoms with van der Waals surface area (Å²) in [7, 11) is 7.00. The summed E-state index contributed by atoms with van der Waals surface area (Å²) in [5.41, 5.74) is 0. The Labute approximate surface area is 143 Å². The third-order valence-corrected chi connectivity index (χ3v) is 0.753. The Morgan fingerprint density at radius 1 is 1.00 bits per heavy atom. The first-order chi connectivity index (χ1) is 8.97. The molecule has 0 aliphatic heterocycles. The van der Waals surface area contributed by atoms with E-state index in [1.54, 1.807) is 40.3 Å². The second-order valence-electron chi connectivity index (χ2n) is 3.87. The van der Waals surface area contributed by atoms with Crippen LogP contribution in [0.25, 0.3) is 10.6 Å². The maximum absolute atomic E-state index is 3.50. The molecule has 0 fully saturated rings. The van der Waals surface area contributed by atoms with E-state index >= 15 is 0 Å². The Morgan fingerprint density at radius 3 is 1.35 bits per heavy atom. The molecule has 0 amide bonds. The fourth-order valence-electron chi connectivity index (χ4n) is 0.340. The van der Waals surface area contributed by atoms with E-state index in [1.807, 2.05) is 12.2 Å². The minimum absolute atomic E-state index is 0. The van der Waals surface area contributed by atoms with Gasteiger partial charge >= 0.3 is 21.7 Å². The molecule has 0 saturated heterocycles. The largest absolute Gasteiger partial charge is 4.00 e. The predicted molar refractivity (Wildman–Crippen MR) is 92.6 cm³/mol. The van der Waals surface area contributed by atoms with Crippen LogP contribution in [0.4, 0.5) is 0 Å². The summed E-state index contributed by atoms with van der Waals surface area (Å²) in [6.45, 7) is 13.0. The summed E-state index contributed by atoms with van der Waals surface area (Å²) < 4.78 is 0. The van der Waals surface area contributed by atoms with Gasteiger partial charge in [-0.2, -0.15) is 55.0 Å². The van der Waals surface area contributed by atoms with Gasteiger partial charge in [0.25, 0.3) is 0 Å². The molecule has 0 spiro atoms. The number of hydrogen-bond donors (Lipinski definition) is 0. The van der Waals surface area contributed by atoms with Gasteiger partial charge in [0.15, 0.2) is 0 Å². The van der Waals surface area contributed by atoms with Gasteiger partial charge < -0.3 is 16.6 Å². The molecule has 0 radical (unpaired) electrons. The molecular weight excluding hydrogens is 280 g/mol. The van der Waals surface area contributed by atoms with Gasteiger partial charge in [-0.1, -0.05) is 25.3 Å². The van der Waals surface area contributed by atoms with E-state index in [9.17, 15) is 0 Å². The molecule has 0 aromatic carbocycles. The van der Waals surface area contributed by atoms with Crippen LogP contribution in [-0.4, -0.2) is 28.2 Å². The smallest absolute Gasteiger partial charge is 0.668 e. The van der Waals surface area contributed by atoms with E-state index in [-0.39, 0.29) is 21.7 Å². The number of rotatable bonds is 1. The van der Waals surface area contributed by atoms with Crippen LogP contribution >= 0.6 is 0 Å². The van der Waals surface area contributed by atoms with E-state index < -0.39 is 0 Å². The molecule has 0 heterocycles. The Bertz CT molecular complexity index is 176. The standard InChI is InChI=1S/C5H5.C4H9.C4H6.2C2H6N.Ti/c1-2-4-5-3-1;1-4(2)3;1-3-4-2;2*1-3-2;/h1-3H,4H2;1-3H3;3-4H,1-2H2;2*1-2H3;/q2*-1;;2*-1;+4. The van der Waals surface area contributed by atoms with Crippen molar-refractivity contribution in [2.24, 2.45) is 0 Å². The average molecular weight is 312 g/mol. The molecule has 1 aliphatic rings. The molecule has 2 nitrogen and oxygen atoms in total. The van der Waals surface area contributed by atoms with Crippen LogP contribution in [0.2, 0.25) is 0 Å². The van der Waals surface area contributed by atoms with Crippen molar-refractivity contribution >= 4 is 0 Å². The van der Waals surface area contributed by atoms with Crippen LogP contribution in [0.5, 0.6) is 0 Å². The van der Waals surface area contributed by atoms with Crippen molar-refractivity contribution in [1.82, 2.24) is 0 Å². The summed E-state index contributed by atoms with van der Waals surface area (Å²) in [6.07, 6.45) is 13.3. The van der Waals surface area contributed by atoms with E-state index in [4.69, 9.17) is 0 Å². The van der Waals surface area contributed by atoms with Gasteiger partial charge in [0.1, 0.15) is 0 Å². The van der Waals surface area contributed by atoms with Crippen molar-refractivity contribution in [3.63, 3.8) is 0 Å². The first-order valence-electron chi connectivity index (χ1n) is 6.16. The van der Waals surface area contributed by atoms with Gasteiger partial charge in [0, 0.05) is 0 Å². The Hall–Kier alpha value is -0.406. The van der Waals surface area contributed by atoms with Crippen molar-refractivity contribution in [2.45, 2.75) is 27.2 Å². The van der Waals surface area contributed by atoms with E-state index in [0.717, 1.165) is 6.42 Å². The van der Waals surface area contributed by atoms with E-state index in [0.29, 0.717) is 0 Å². The minimum Gasteiger partial charge on any atom is -0.668 e. The monoisotopic (exact) mass is 312 g/mol. The van der Waals surface area contributed by atoms with Crippen LogP contribution in [-0.2, 0) is 21.7 Å². The molecule has 0 atom stereocenters. The molecule has 0 aromatic heterocycles. The predicted octanol–water partition coefficient (Wildman–Crippen LogP) is 5.52. The molecule has 0 saturated carbocycles. The van der Waals surface area contributed by atoms with Crippen LogP contribution in [0.3, 0.4) is 0 Å². The van der Waals surface area contributed by atoms with Gasteiger partial charge in [-0.25, -0.2) is 12.2 Å². The second-order valence-corrected chi connectivity index (χ2v) is 3.87. The Morgan fingerprint density at radius 2 is 1.30 bits per heavy atom. The van der Waals surface area contributed by atoms with Crippen LogP contribution in [0.1, 0.15) is 27.2 Å². The quantitative estimate of drug-likeness (QED) is 0.346. The summed E-state index contributed by atoms with van der Waals surface area (Å²) in [5.74, 6) is 1.42. The third kappa shape index (κ3) is 155. The van der Waals surface area contributed by atoms with E-state index in [1.165, 1.54) is 5.92 Å². The molecule has 0 bridgehead atoms. The summed E-state index contributed by atoms with van der Waals surface area (Å²) in [6, 6.07) is 0. The Balaban J connectivity index is -0.0000000472. The fraction of sp³-hybridized carbons (Fsp3) is 0.471. The van der Waals surface area contributed by atoms with Crippen molar-refractivity contribution in [1.29, 1.82) is 0 Å². The van der Waals surface area contributed by atoms with E-state index in [2.05, 4.69) is 56.7 Å². The number of nitrogens with zero attached hydrogens (tertiary/aromatic N) is 2. The van der Waals surface area contributed by atoms with Crippen LogP contribution < -0.4 is 0 Å². The third-order valence-electron chi connectivity index (χ3n) is 0.753. The summed E-state index contributed by atoms with van der Waals surface area (Å²) >= 11 is 0. The van der Waals surface area contributed by atoms with Gasteiger partial charge in [-0.3, -0.25) is 6.08 Å². The summed E-state index contributed by atoms with van der Waals surface area (Å²) in [5, 5.41) is 7.00. The molecule has 20 heavy (non-hydrogen) atoms. The molecule has 0 unspecified atom stereocenters. The van der Waals surface area contributed by atoms with Crippen LogP contribution in [0.15, 0.2) is 43.5 Å². The number of hydrogen-bond acceptors (Lipinski definition) is 0. The Kier molecular flexibility index (Phi) is 68.1. The first-order valence-corrected chi connectivity index (χ1v) is 6.16. The van der Waals surface area contributed by atoms with Gasteiger partial charge in [-0.15, -0.1) is 6.42 Å². The van der Waals surface area contributed by atoms with Gasteiger partial charge in [0.2, 0.25) is 0 Å². The maximum Gasteiger partial charge on any atom is 4.00 e. The molecule has 1 rings (SSSR count). The molecule has 0 N–H and O–H groups in total. The number of allylic oxidation sites excluding steroid dienone is 6. The average Bonchev–Trinajstić information content (AvgIpc) is 2.88. The van der Waals surface area contributed by atoms with Crippen molar-refractivity contribution in [3.8, 4) is 0 Å². The molecule has 0 aromatic rings. The van der Waals surface area contributed by atoms with Crippen LogP contribution in [0, 0.1) is 12.0 Å². The summed E-state index contributed by atoms with van der Waals surface area (Å²) in [4.78, 5) is 0.